The van der Waals surface area contributed by atoms with Crippen LogP contribution in [0.1, 0.15) is 31.0 Å². The van der Waals surface area contributed by atoms with Gasteiger partial charge in [0.2, 0.25) is 0 Å². The largest absolute Gasteiger partial charge is 0.481 e. The topological polar surface area (TPSA) is 50.2 Å². The highest BCUT2D eigenvalue weighted by Gasteiger charge is 2.14. The normalized spacial score (nSPS) is 11.2. The average Bonchev–Trinajstić information content (AvgIpc) is 2.28. The SMILES string of the molecule is CC(C)c1cc(CC(=O)O)c2cc(Cl)cc(Cl)c2n1. The Bertz CT molecular complexity index is 653. The number of carboxylic acid groups (broad SMARTS) is 1. The van der Waals surface area contributed by atoms with Crippen LogP contribution in [0, 0.1) is 0 Å². The summed E-state index contributed by atoms with van der Waals surface area (Å²) in [7, 11) is 0. The van der Waals surface area contributed by atoms with E-state index in [1.165, 1.54) is 0 Å². The van der Waals surface area contributed by atoms with Crippen LogP contribution in [0.15, 0.2) is 18.2 Å². The Kier molecular flexibility index (Phi) is 3.97. The fraction of sp³-hybridized carbons (Fsp3) is 0.286. The first-order valence-electron chi connectivity index (χ1n) is 5.89. The number of benzene rings is 1. The van der Waals surface area contributed by atoms with Crippen LogP contribution >= 0.6 is 23.2 Å². The molecule has 1 N–H and O–H groups in total. The lowest BCUT2D eigenvalue weighted by Gasteiger charge is -2.12. The molecule has 0 fully saturated rings. The van der Waals surface area contributed by atoms with E-state index in [4.69, 9.17) is 28.3 Å². The number of rotatable bonds is 3. The third kappa shape index (κ3) is 2.99. The maximum absolute atomic E-state index is 11.0. The Morgan fingerprint density at radius 2 is 2.00 bits per heavy atom. The van der Waals surface area contributed by atoms with Crippen LogP contribution in [0.2, 0.25) is 10.0 Å². The Morgan fingerprint density at radius 3 is 2.58 bits per heavy atom. The summed E-state index contributed by atoms with van der Waals surface area (Å²) in [6.45, 7) is 4.01. The lowest BCUT2D eigenvalue weighted by Crippen LogP contribution is -2.04. The Hall–Kier alpha value is -1.32. The number of aromatic nitrogens is 1. The molecule has 0 saturated carbocycles. The number of carboxylic acids is 1. The molecule has 1 aromatic carbocycles. The third-order valence-corrected chi connectivity index (χ3v) is 3.38. The molecule has 0 radical (unpaired) electrons. The molecule has 0 amide bonds. The minimum atomic E-state index is -0.890. The maximum atomic E-state index is 11.0. The summed E-state index contributed by atoms with van der Waals surface area (Å²) in [6, 6.07) is 5.14. The number of hydrogen-bond donors (Lipinski definition) is 1. The van der Waals surface area contributed by atoms with Gasteiger partial charge in [0.15, 0.2) is 0 Å². The lowest BCUT2D eigenvalue weighted by atomic mass is 10.0. The minimum absolute atomic E-state index is 0.0740. The van der Waals surface area contributed by atoms with Gasteiger partial charge >= 0.3 is 5.97 Å². The molecule has 19 heavy (non-hydrogen) atoms. The molecule has 0 atom stereocenters. The van der Waals surface area contributed by atoms with E-state index in [9.17, 15) is 4.79 Å². The number of fused-ring (bicyclic) bond motifs is 1. The summed E-state index contributed by atoms with van der Waals surface area (Å²) in [4.78, 5) is 15.5. The second-order valence-corrected chi connectivity index (χ2v) is 5.56. The van der Waals surface area contributed by atoms with Crippen molar-refractivity contribution in [3.63, 3.8) is 0 Å². The van der Waals surface area contributed by atoms with E-state index in [0.717, 1.165) is 5.69 Å². The molecule has 0 aliphatic heterocycles. The molecule has 0 aliphatic rings. The van der Waals surface area contributed by atoms with Gasteiger partial charge in [-0.15, -0.1) is 0 Å². The van der Waals surface area contributed by atoms with Crippen LogP contribution in [0.4, 0.5) is 0 Å². The van der Waals surface area contributed by atoms with Crippen LogP contribution in [0.5, 0.6) is 0 Å². The molecule has 0 spiro atoms. The second kappa shape index (κ2) is 5.35. The molecule has 5 heteroatoms. The molecule has 3 nitrogen and oxygen atoms in total. The molecule has 1 aromatic heterocycles. The van der Waals surface area contributed by atoms with E-state index < -0.39 is 5.97 Å². The van der Waals surface area contributed by atoms with Crippen molar-refractivity contribution in [1.29, 1.82) is 0 Å². The van der Waals surface area contributed by atoms with Gasteiger partial charge in [-0.3, -0.25) is 9.78 Å². The standard InChI is InChI=1S/C14H13Cl2NO2/c1-7(2)12-3-8(4-13(18)19)10-5-9(15)6-11(16)14(10)17-12/h3,5-7H,4H2,1-2H3,(H,18,19). The minimum Gasteiger partial charge on any atom is -0.481 e. The van der Waals surface area contributed by atoms with Crippen LogP contribution in [0.25, 0.3) is 10.9 Å². The summed E-state index contributed by atoms with van der Waals surface area (Å²) in [6.07, 6.45) is -0.0740. The third-order valence-electron chi connectivity index (χ3n) is 2.87. The number of halogens is 2. The zero-order valence-corrected chi connectivity index (χ0v) is 12.1. The zero-order valence-electron chi connectivity index (χ0n) is 10.6. The summed E-state index contributed by atoms with van der Waals surface area (Å²) in [5.41, 5.74) is 2.12. The van der Waals surface area contributed by atoms with Gasteiger partial charge in [0.25, 0.3) is 0 Å². The number of nitrogens with zero attached hydrogens (tertiary/aromatic N) is 1. The van der Waals surface area contributed by atoms with E-state index in [2.05, 4.69) is 4.98 Å². The van der Waals surface area contributed by atoms with Crippen molar-refractivity contribution in [3.8, 4) is 0 Å². The summed E-state index contributed by atoms with van der Waals surface area (Å²) in [5.74, 6) is -0.693. The highest BCUT2D eigenvalue weighted by atomic mass is 35.5. The van der Waals surface area contributed by atoms with Crippen molar-refractivity contribution in [2.45, 2.75) is 26.2 Å². The number of carbonyl (C=O) groups is 1. The molecule has 2 rings (SSSR count). The molecule has 2 aromatic rings. The van der Waals surface area contributed by atoms with E-state index in [1.807, 2.05) is 19.9 Å². The smallest absolute Gasteiger partial charge is 0.307 e. The van der Waals surface area contributed by atoms with Gasteiger partial charge in [-0.05, 0) is 29.7 Å². The predicted octanol–water partition coefficient (Wildman–Crippen LogP) is 4.29. The van der Waals surface area contributed by atoms with Crippen LogP contribution in [0.3, 0.4) is 0 Å². The molecule has 0 bridgehead atoms. The van der Waals surface area contributed by atoms with Gasteiger partial charge in [0.05, 0.1) is 17.0 Å². The van der Waals surface area contributed by atoms with Crippen molar-refractivity contribution >= 4 is 40.1 Å². The van der Waals surface area contributed by atoms with Crippen molar-refractivity contribution < 1.29 is 9.90 Å². The Labute approximate surface area is 121 Å². The number of hydrogen-bond acceptors (Lipinski definition) is 2. The number of aliphatic carboxylic acids is 1. The monoisotopic (exact) mass is 297 g/mol. The van der Waals surface area contributed by atoms with Crippen molar-refractivity contribution in [2.24, 2.45) is 0 Å². The van der Waals surface area contributed by atoms with Crippen molar-refractivity contribution in [2.75, 3.05) is 0 Å². The first-order valence-corrected chi connectivity index (χ1v) is 6.64. The predicted molar refractivity (Wildman–Crippen MR) is 77.2 cm³/mol. The van der Waals surface area contributed by atoms with E-state index >= 15 is 0 Å². The van der Waals surface area contributed by atoms with Crippen molar-refractivity contribution in [1.82, 2.24) is 4.98 Å². The first-order chi connectivity index (χ1) is 8.88. The number of pyridine rings is 1. The average molecular weight is 298 g/mol. The van der Waals surface area contributed by atoms with E-state index in [-0.39, 0.29) is 12.3 Å². The lowest BCUT2D eigenvalue weighted by molar-refractivity contribution is -0.136. The van der Waals surface area contributed by atoms with Crippen LogP contribution in [-0.2, 0) is 11.2 Å². The van der Waals surface area contributed by atoms with Crippen LogP contribution in [-0.4, -0.2) is 16.1 Å². The van der Waals surface area contributed by atoms with Crippen molar-refractivity contribution in [3.05, 3.63) is 39.5 Å². The van der Waals surface area contributed by atoms with Gasteiger partial charge < -0.3 is 5.11 Å². The molecule has 0 unspecified atom stereocenters. The highest BCUT2D eigenvalue weighted by Crippen LogP contribution is 2.31. The van der Waals surface area contributed by atoms with Gasteiger partial charge in [0.1, 0.15) is 0 Å². The van der Waals surface area contributed by atoms with E-state index in [0.29, 0.717) is 26.5 Å². The molecular weight excluding hydrogens is 285 g/mol. The molecular formula is C14H13Cl2NO2. The zero-order chi connectivity index (χ0) is 14.2. The molecule has 100 valence electrons. The Balaban J connectivity index is 2.77. The molecule has 0 aliphatic carbocycles. The second-order valence-electron chi connectivity index (χ2n) is 4.72. The molecule has 1 heterocycles. The summed E-state index contributed by atoms with van der Waals surface area (Å²) in [5, 5.41) is 10.6. The quantitative estimate of drug-likeness (QED) is 0.919. The summed E-state index contributed by atoms with van der Waals surface area (Å²) >= 11 is 12.1. The van der Waals surface area contributed by atoms with Gasteiger partial charge in [-0.2, -0.15) is 0 Å². The fourth-order valence-corrected chi connectivity index (χ4v) is 2.48. The first kappa shape index (κ1) is 14.1. The van der Waals surface area contributed by atoms with Gasteiger partial charge in [0, 0.05) is 16.1 Å². The maximum Gasteiger partial charge on any atom is 0.307 e. The van der Waals surface area contributed by atoms with E-state index in [1.54, 1.807) is 12.1 Å². The van der Waals surface area contributed by atoms with Gasteiger partial charge in [-0.25, -0.2) is 0 Å². The summed E-state index contributed by atoms with van der Waals surface area (Å²) < 4.78 is 0. The molecule has 0 saturated heterocycles. The fourth-order valence-electron chi connectivity index (χ4n) is 1.95. The van der Waals surface area contributed by atoms with Crippen LogP contribution < -0.4 is 0 Å². The Morgan fingerprint density at radius 1 is 1.32 bits per heavy atom. The van der Waals surface area contributed by atoms with Gasteiger partial charge in [-0.1, -0.05) is 37.0 Å². The highest BCUT2D eigenvalue weighted by molar-refractivity contribution is 6.38.